The molecule has 0 saturated carbocycles. The quantitative estimate of drug-likeness (QED) is 0.308. The molecule has 0 radical (unpaired) electrons. The van der Waals surface area contributed by atoms with Crippen molar-refractivity contribution in [3.63, 3.8) is 0 Å². The summed E-state index contributed by atoms with van der Waals surface area (Å²) < 4.78 is 11.6. The summed E-state index contributed by atoms with van der Waals surface area (Å²) >= 11 is 3.39. The number of amides is 2. The molecular weight excluding hydrogens is 474 g/mol. The number of hydrazone groups is 1. The molecule has 32 heavy (non-hydrogen) atoms. The molecule has 0 atom stereocenters. The zero-order chi connectivity index (χ0) is 22.3. The first-order chi connectivity index (χ1) is 15.6. The fraction of sp³-hybridized carbons (Fsp3) is 0.0417. The number of rotatable bonds is 6. The standard InChI is InChI=1S/C24H18BrN3O4/c25-19-8-4-5-17(11-19)14-26-28-24(30)20(27-23(29)18-6-2-1-3-7-18)12-16-9-10-21-22(13-16)32-15-31-21/h1-14H,15H2,(H,27,29)(H,28,30)/b20-12+,26-14+. The van der Waals surface area contributed by atoms with E-state index < -0.39 is 11.8 Å². The summed E-state index contributed by atoms with van der Waals surface area (Å²) in [5, 5.41) is 6.66. The first-order valence-electron chi connectivity index (χ1n) is 9.65. The lowest BCUT2D eigenvalue weighted by molar-refractivity contribution is -0.117. The van der Waals surface area contributed by atoms with Gasteiger partial charge < -0.3 is 14.8 Å². The minimum absolute atomic E-state index is 0.0316. The molecule has 0 saturated heterocycles. The van der Waals surface area contributed by atoms with Gasteiger partial charge in [-0.15, -0.1) is 0 Å². The van der Waals surface area contributed by atoms with Gasteiger partial charge in [0, 0.05) is 10.0 Å². The lowest BCUT2D eigenvalue weighted by Crippen LogP contribution is -2.32. The third kappa shape index (κ3) is 5.41. The smallest absolute Gasteiger partial charge is 0.287 e. The maximum atomic E-state index is 12.8. The Hall–Kier alpha value is -3.91. The molecule has 4 rings (SSSR count). The SMILES string of the molecule is O=C(N/N=C/c1cccc(Br)c1)/C(=C\c1ccc2c(c1)OCO2)NC(=O)c1ccccc1. The van der Waals surface area contributed by atoms with Crippen molar-refractivity contribution in [1.29, 1.82) is 0 Å². The molecule has 160 valence electrons. The van der Waals surface area contributed by atoms with E-state index in [2.05, 4.69) is 31.8 Å². The minimum Gasteiger partial charge on any atom is -0.454 e. The molecule has 2 amide bonds. The van der Waals surface area contributed by atoms with Gasteiger partial charge >= 0.3 is 0 Å². The minimum atomic E-state index is -0.571. The third-order valence-corrected chi connectivity index (χ3v) is 4.96. The molecule has 1 aliphatic heterocycles. The molecule has 2 N–H and O–H groups in total. The maximum Gasteiger partial charge on any atom is 0.287 e. The second-order valence-corrected chi connectivity index (χ2v) is 7.66. The summed E-state index contributed by atoms with van der Waals surface area (Å²) in [5.41, 5.74) is 4.37. The average Bonchev–Trinajstić information content (AvgIpc) is 3.27. The number of hydrogen-bond acceptors (Lipinski definition) is 5. The van der Waals surface area contributed by atoms with Crippen LogP contribution in [0, 0.1) is 0 Å². The first-order valence-corrected chi connectivity index (χ1v) is 10.4. The zero-order valence-electron chi connectivity index (χ0n) is 16.7. The Kier molecular flexibility index (Phi) is 6.62. The van der Waals surface area contributed by atoms with Gasteiger partial charge in [-0.1, -0.05) is 52.3 Å². The summed E-state index contributed by atoms with van der Waals surface area (Å²) in [5.74, 6) is 0.211. The van der Waals surface area contributed by atoms with Gasteiger partial charge in [-0.3, -0.25) is 9.59 Å². The molecule has 3 aromatic carbocycles. The number of nitrogens with one attached hydrogen (secondary N) is 2. The molecule has 1 heterocycles. The van der Waals surface area contributed by atoms with Crippen molar-refractivity contribution in [2.45, 2.75) is 0 Å². The number of ether oxygens (including phenoxy) is 2. The van der Waals surface area contributed by atoms with E-state index in [4.69, 9.17) is 9.47 Å². The van der Waals surface area contributed by atoms with E-state index in [0.717, 1.165) is 10.0 Å². The van der Waals surface area contributed by atoms with Gasteiger partial charge in [-0.05, 0) is 53.6 Å². The highest BCUT2D eigenvalue weighted by molar-refractivity contribution is 9.10. The van der Waals surface area contributed by atoms with E-state index in [1.807, 2.05) is 30.3 Å². The third-order valence-electron chi connectivity index (χ3n) is 4.46. The lowest BCUT2D eigenvalue weighted by Gasteiger charge is -2.09. The summed E-state index contributed by atoms with van der Waals surface area (Å²) in [7, 11) is 0. The van der Waals surface area contributed by atoms with Crippen LogP contribution in [-0.4, -0.2) is 24.8 Å². The normalized spacial score (nSPS) is 12.6. The second kappa shape index (κ2) is 9.93. The van der Waals surface area contributed by atoms with Gasteiger partial charge in [0.25, 0.3) is 11.8 Å². The highest BCUT2D eigenvalue weighted by Gasteiger charge is 2.16. The van der Waals surface area contributed by atoms with Crippen molar-refractivity contribution < 1.29 is 19.1 Å². The largest absolute Gasteiger partial charge is 0.454 e. The van der Waals surface area contributed by atoms with Crippen molar-refractivity contribution in [2.75, 3.05) is 6.79 Å². The topological polar surface area (TPSA) is 89.0 Å². The zero-order valence-corrected chi connectivity index (χ0v) is 18.3. The van der Waals surface area contributed by atoms with E-state index >= 15 is 0 Å². The van der Waals surface area contributed by atoms with Crippen LogP contribution in [0.2, 0.25) is 0 Å². The van der Waals surface area contributed by atoms with Crippen LogP contribution >= 0.6 is 15.9 Å². The molecule has 0 aliphatic carbocycles. The monoisotopic (exact) mass is 491 g/mol. The van der Waals surface area contributed by atoms with Crippen molar-refractivity contribution in [3.8, 4) is 11.5 Å². The maximum absolute atomic E-state index is 12.8. The van der Waals surface area contributed by atoms with Crippen LogP contribution in [0.25, 0.3) is 6.08 Å². The van der Waals surface area contributed by atoms with Crippen molar-refractivity contribution in [1.82, 2.24) is 10.7 Å². The van der Waals surface area contributed by atoms with Crippen molar-refractivity contribution in [3.05, 3.63) is 99.7 Å². The van der Waals surface area contributed by atoms with E-state index in [1.165, 1.54) is 6.21 Å². The second-order valence-electron chi connectivity index (χ2n) is 6.74. The first kappa shape index (κ1) is 21.3. The summed E-state index contributed by atoms with van der Waals surface area (Å²) in [6.45, 7) is 0.144. The Morgan fingerprint density at radius 3 is 2.53 bits per heavy atom. The summed E-state index contributed by atoms with van der Waals surface area (Å²) in [6, 6.07) is 21.3. The van der Waals surface area contributed by atoms with E-state index in [-0.39, 0.29) is 12.5 Å². The van der Waals surface area contributed by atoms with E-state index in [1.54, 1.807) is 48.5 Å². The molecule has 8 heteroatoms. The van der Waals surface area contributed by atoms with Crippen LogP contribution in [0.4, 0.5) is 0 Å². The van der Waals surface area contributed by atoms with Gasteiger partial charge in [0.05, 0.1) is 6.21 Å². The summed E-state index contributed by atoms with van der Waals surface area (Å²) in [4.78, 5) is 25.5. The molecular formula is C24H18BrN3O4. The molecule has 1 aliphatic rings. The predicted molar refractivity (Wildman–Crippen MR) is 124 cm³/mol. The van der Waals surface area contributed by atoms with Gasteiger partial charge in [0.2, 0.25) is 6.79 Å². The highest BCUT2D eigenvalue weighted by atomic mass is 79.9. The highest BCUT2D eigenvalue weighted by Crippen LogP contribution is 2.33. The molecule has 3 aromatic rings. The fourth-order valence-corrected chi connectivity index (χ4v) is 3.34. The number of halogens is 1. The number of carbonyl (C=O) groups is 2. The van der Waals surface area contributed by atoms with Gasteiger partial charge in [-0.25, -0.2) is 5.43 Å². The Morgan fingerprint density at radius 1 is 0.906 bits per heavy atom. The van der Waals surface area contributed by atoms with E-state index in [0.29, 0.717) is 22.6 Å². The molecule has 0 aromatic heterocycles. The number of hydrogen-bond donors (Lipinski definition) is 2. The molecule has 7 nitrogen and oxygen atoms in total. The average molecular weight is 492 g/mol. The summed E-state index contributed by atoms with van der Waals surface area (Å²) in [6.07, 6.45) is 3.06. The van der Waals surface area contributed by atoms with Crippen LogP contribution in [0.3, 0.4) is 0 Å². The number of nitrogens with zero attached hydrogens (tertiary/aromatic N) is 1. The van der Waals surface area contributed by atoms with Gasteiger partial charge in [0.15, 0.2) is 11.5 Å². The fourth-order valence-electron chi connectivity index (χ4n) is 2.92. The van der Waals surface area contributed by atoms with Crippen LogP contribution in [0.5, 0.6) is 11.5 Å². The Labute approximate surface area is 192 Å². The van der Waals surface area contributed by atoms with Crippen LogP contribution in [-0.2, 0) is 4.79 Å². The Bertz CT molecular complexity index is 1210. The Balaban J connectivity index is 1.56. The lowest BCUT2D eigenvalue weighted by atomic mass is 10.1. The van der Waals surface area contributed by atoms with Crippen molar-refractivity contribution in [2.24, 2.45) is 5.10 Å². The van der Waals surface area contributed by atoms with Crippen LogP contribution < -0.4 is 20.2 Å². The number of carbonyl (C=O) groups excluding carboxylic acids is 2. The van der Waals surface area contributed by atoms with Gasteiger partial charge in [0.1, 0.15) is 5.70 Å². The Morgan fingerprint density at radius 2 is 1.72 bits per heavy atom. The molecule has 0 spiro atoms. The van der Waals surface area contributed by atoms with Gasteiger partial charge in [-0.2, -0.15) is 5.10 Å². The molecule has 0 bridgehead atoms. The molecule has 0 unspecified atom stereocenters. The van der Waals surface area contributed by atoms with Crippen LogP contribution in [0.15, 0.2) is 88.1 Å². The van der Waals surface area contributed by atoms with Crippen molar-refractivity contribution >= 4 is 40.0 Å². The van der Waals surface area contributed by atoms with Crippen LogP contribution in [0.1, 0.15) is 21.5 Å². The van der Waals surface area contributed by atoms with E-state index in [9.17, 15) is 9.59 Å². The predicted octanol–water partition coefficient (Wildman–Crippen LogP) is 4.10. The number of fused-ring (bicyclic) bond motifs is 1. The molecule has 0 fully saturated rings. The number of benzene rings is 3.